The Balaban J connectivity index is 1.17. The fraction of sp³-hybridized carbons (Fsp3) is 0. The van der Waals surface area contributed by atoms with Gasteiger partial charge in [0.2, 0.25) is 0 Å². The monoisotopic (exact) mass is 641 g/mol. The summed E-state index contributed by atoms with van der Waals surface area (Å²) in [4.78, 5) is 15.4. The Bertz CT molecular complexity index is 2870. The van der Waals surface area contributed by atoms with Gasteiger partial charge in [-0.2, -0.15) is 0 Å². The molecule has 228 valence electrons. The van der Waals surface area contributed by atoms with E-state index in [1.165, 1.54) is 58.1 Å². The second kappa shape index (κ2) is 11.2. The number of benzene rings is 8. The van der Waals surface area contributed by atoms with Crippen molar-refractivity contribution in [1.82, 2.24) is 15.0 Å². The second-order valence-electron chi connectivity index (χ2n) is 12.4. The Morgan fingerprint density at radius 1 is 0.327 bits per heavy atom. The summed E-state index contributed by atoms with van der Waals surface area (Å²) in [6.07, 6.45) is 0. The quantitative estimate of drug-likeness (QED) is 0.180. The van der Waals surface area contributed by atoms with E-state index in [2.05, 4.69) is 146 Å². The van der Waals surface area contributed by atoms with Crippen molar-refractivity contribution >= 4 is 63.8 Å². The number of rotatable bonds is 4. The van der Waals surface area contributed by atoms with Gasteiger partial charge in [0.15, 0.2) is 17.5 Å². The van der Waals surface area contributed by atoms with Gasteiger partial charge < -0.3 is 0 Å². The highest BCUT2D eigenvalue weighted by Crippen LogP contribution is 2.44. The van der Waals surface area contributed by atoms with Crippen LogP contribution in [0.2, 0.25) is 0 Å². The molecule has 0 spiro atoms. The van der Waals surface area contributed by atoms with Gasteiger partial charge in [-0.3, -0.25) is 0 Å². The number of aromatic nitrogens is 3. The summed E-state index contributed by atoms with van der Waals surface area (Å²) in [5, 5.41) is 9.96. The van der Waals surface area contributed by atoms with Gasteiger partial charge in [-0.15, -0.1) is 11.3 Å². The number of fused-ring (bicyclic) bond motifs is 8. The van der Waals surface area contributed by atoms with Gasteiger partial charge in [-0.1, -0.05) is 158 Å². The first-order valence-corrected chi connectivity index (χ1v) is 17.3. The Kier molecular flexibility index (Phi) is 6.36. The van der Waals surface area contributed by atoms with Crippen molar-refractivity contribution < 1.29 is 0 Å². The highest BCUT2D eigenvalue weighted by Gasteiger charge is 2.18. The van der Waals surface area contributed by atoms with Gasteiger partial charge in [0, 0.05) is 42.2 Å². The first-order chi connectivity index (χ1) is 24.3. The van der Waals surface area contributed by atoms with Crippen molar-refractivity contribution in [2.75, 3.05) is 0 Å². The summed E-state index contributed by atoms with van der Waals surface area (Å²) in [5.41, 5.74) is 5.29. The molecule has 0 bridgehead atoms. The van der Waals surface area contributed by atoms with Gasteiger partial charge in [0.05, 0.1) is 0 Å². The van der Waals surface area contributed by atoms with Crippen molar-refractivity contribution in [1.29, 1.82) is 0 Å². The van der Waals surface area contributed by atoms with E-state index in [1.54, 1.807) is 0 Å². The van der Waals surface area contributed by atoms with E-state index >= 15 is 0 Å². The molecule has 0 fully saturated rings. The molecule has 0 aliphatic rings. The molecule has 0 saturated carbocycles. The van der Waals surface area contributed by atoms with Gasteiger partial charge >= 0.3 is 0 Å². The first kappa shape index (κ1) is 27.8. The molecular formula is C45H27N3S. The molecule has 0 N–H and O–H groups in total. The van der Waals surface area contributed by atoms with Crippen molar-refractivity contribution in [3.63, 3.8) is 0 Å². The van der Waals surface area contributed by atoms with Gasteiger partial charge in [-0.25, -0.2) is 15.0 Å². The molecule has 10 rings (SSSR count). The molecule has 0 atom stereocenters. The molecule has 0 radical (unpaired) electrons. The summed E-state index contributed by atoms with van der Waals surface area (Å²) in [6.45, 7) is 0. The van der Waals surface area contributed by atoms with E-state index in [1.807, 2.05) is 29.5 Å². The second-order valence-corrected chi connectivity index (χ2v) is 13.4. The van der Waals surface area contributed by atoms with E-state index in [0.29, 0.717) is 17.5 Å². The lowest BCUT2D eigenvalue weighted by Gasteiger charge is -2.11. The normalized spacial score (nSPS) is 11.7. The Hall–Kier alpha value is -6.23. The largest absolute Gasteiger partial charge is 0.208 e. The SMILES string of the molecule is c1ccc(-c2nc(-c3ccc(-c4cccc5ccccc45)cc3)nc(-c3cccc4sc5c(ccc6ccc7ccccc7c65)c34)n2)cc1. The van der Waals surface area contributed by atoms with E-state index < -0.39 is 0 Å². The minimum atomic E-state index is 0.654. The number of hydrogen-bond acceptors (Lipinski definition) is 4. The molecule has 2 aromatic heterocycles. The maximum absolute atomic E-state index is 5.18. The van der Waals surface area contributed by atoms with Crippen LogP contribution in [0.3, 0.4) is 0 Å². The summed E-state index contributed by atoms with van der Waals surface area (Å²) in [5.74, 6) is 1.98. The maximum atomic E-state index is 5.18. The number of hydrogen-bond donors (Lipinski definition) is 0. The third-order valence-electron chi connectivity index (χ3n) is 9.52. The number of thiophene rings is 1. The van der Waals surface area contributed by atoms with Crippen molar-refractivity contribution in [3.05, 3.63) is 164 Å². The molecular weight excluding hydrogens is 615 g/mol. The predicted octanol–water partition coefficient (Wildman–Crippen LogP) is 12.4. The average molecular weight is 642 g/mol. The lowest BCUT2D eigenvalue weighted by Crippen LogP contribution is -2.00. The molecule has 3 nitrogen and oxygen atoms in total. The Labute approximate surface area is 286 Å². The van der Waals surface area contributed by atoms with Crippen LogP contribution in [0.5, 0.6) is 0 Å². The summed E-state index contributed by atoms with van der Waals surface area (Å²) >= 11 is 1.85. The average Bonchev–Trinajstić information content (AvgIpc) is 3.57. The van der Waals surface area contributed by atoms with Crippen molar-refractivity contribution in [3.8, 4) is 45.3 Å². The predicted molar refractivity (Wildman–Crippen MR) is 207 cm³/mol. The lowest BCUT2D eigenvalue weighted by atomic mass is 9.97. The zero-order chi connectivity index (χ0) is 32.3. The first-order valence-electron chi connectivity index (χ1n) is 16.4. The molecule has 10 aromatic rings. The summed E-state index contributed by atoms with van der Waals surface area (Å²) in [6, 6.07) is 57.9. The topological polar surface area (TPSA) is 38.7 Å². The summed E-state index contributed by atoms with van der Waals surface area (Å²) < 4.78 is 2.51. The highest BCUT2D eigenvalue weighted by atomic mass is 32.1. The van der Waals surface area contributed by atoms with Crippen LogP contribution in [0.4, 0.5) is 0 Å². The Morgan fingerprint density at radius 3 is 1.71 bits per heavy atom. The van der Waals surface area contributed by atoms with Crippen LogP contribution in [-0.2, 0) is 0 Å². The minimum absolute atomic E-state index is 0.654. The summed E-state index contributed by atoms with van der Waals surface area (Å²) in [7, 11) is 0. The smallest absolute Gasteiger partial charge is 0.164 e. The third kappa shape index (κ3) is 4.61. The van der Waals surface area contributed by atoms with Gasteiger partial charge in [-0.05, 0) is 44.1 Å². The standard InChI is InChI=1S/C45H27N3S/c1-2-12-32(13-3-1)43-46-44(33-24-21-30(22-25-33)35-17-8-14-28-10-4-6-15-34(28)35)48-45(47-43)38-18-9-19-39-41(38)37-27-26-31-23-20-29-11-5-7-16-36(29)40(31)42(37)49-39/h1-27H. The lowest BCUT2D eigenvalue weighted by molar-refractivity contribution is 1.08. The molecule has 49 heavy (non-hydrogen) atoms. The van der Waals surface area contributed by atoms with Crippen molar-refractivity contribution in [2.45, 2.75) is 0 Å². The van der Waals surface area contributed by atoms with Crippen LogP contribution in [-0.4, -0.2) is 15.0 Å². The van der Waals surface area contributed by atoms with Crippen LogP contribution in [0.1, 0.15) is 0 Å². The van der Waals surface area contributed by atoms with Gasteiger partial charge in [0.25, 0.3) is 0 Å². The molecule has 2 heterocycles. The minimum Gasteiger partial charge on any atom is -0.208 e. The molecule has 0 amide bonds. The van der Waals surface area contributed by atoms with Crippen LogP contribution in [0.25, 0.3) is 97.8 Å². The van der Waals surface area contributed by atoms with Crippen LogP contribution in [0, 0.1) is 0 Å². The van der Waals surface area contributed by atoms with E-state index in [0.717, 1.165) is 22.3 Å². The van der Waals surface area contributed by atoms with E-state index in [4.69, 9.17) is 15.0 Å². The van der Waals surface area contributed by atoms with E-state index in [9.17, 15) is 0 Å². The van der Waals surface area contributed by atoms with E-state index in [-0.39, 0.29) is 0 Å². The van der Waals surface area contributed by atoms with Crippen molar-refractivity contribution in [2.24, 2.45) is 0 Å². The zero-order valence-corrected chi connectivity index (χ0v) is 27.2. The molecule has 0 aliphatic heterocycles. The fourth-order valence-electron chi connectivity index (χ4n) is 7.18. The van der Waals surface area contributed by atoms with Crippen LogP contribution in [0.15, 0.2) is 164 Å². The number of nitrogens with zero attached hydrogens (tertiary/aromatic N) is 3. The molecule has 0 aliphatic carbocycles. The maximum Gasteiger partial charge on any atom is 0.164 e. The van der Waals surface area contributed by atoms with Gasteiger partial charge in [0.1, 0.15) is 0 Å². The van der Waals surface area contributed by atoms with Crippen LogP contribution >= 0.6 is 11.3 Å². The molecule has 0 saturated heterocycles. The molecule has 4 heteroatoms. The molecule has 0 unspecified atom stereocenters. The zero-order valence-electron chi connectivity index (χ0n) is 26.3. The van der Waals surface area contributed by atoms with Crippen LogP contribution < -0.4 is 0 Å². The Morgan fingerprint density at radius 2 is 0.898 bits per heavy atom. The third-order valence-corrected chi connectivity index (χ3v) is 10.7. The molecule has 8 aromatic carbocycles. The highest BCUT2D eigenvalue weighted by molar-refractivity contribution is 7.27. The fourth-order valence-corrected chi connectivity index (χ4v) is 8.47.